The van der Waals surface area contributed by atoms with Gasteiger partial charge in [0.2, 0.25) is 0 Å². The van der Waals surface area contributed by atoms with Gasteiger partial charge >= 0.3 is 5.97 Å². The number of nitrogens with zero attached hydrogens (tertiary/aromatic N) is 1. The van der Waals surface area contributed by atoms with Gasteiger partial charge in [-0.1, -0.05) is 42.5 Å². The van der Waals surface area contributed by atoms with Gasteiger partial charge in [0, 0.05) is 19.2 Å². The minimum atomic E-state index is -0.861. The summed E-state index contributed by atoms with van der Waals surface area (Å²) in [5, 5.41) is 27.1. The number of fused-ring (bicyclic) bond motifs is 1. The van der Waals surface area contributed by atoms with Crippen molar-refractivity contribution in [2.24, 2.45) is 0 Å². The highest BCUT2D eigenvalue weighted by Crippen LogP contribution is 2.27. The maximum Gasteiger partial charge on any atom is 0.311 e. The quantitative estimate of drug-likeness (QED) is 0.375. The second kappa shape index (κ2) is 9.22. The number of carboxylic acid groups (broad SMARTS) is 1. The molecule has 0 aromatic heterocycles. The van der Waals surface area contributed by atoms with Crippen molar-refractivity contribution in [2.45, 2.75) is 31.8 Å². The number of carbonyl (C=O) groups is 1. The molecule has 4 rings (SSSR count). The molecular formula is C26H27N3O3. The van der Waals surface area contributed by atoms with Crippen molar-refractivity contribution in [2.75, 3.05) is 13.1 Å². The molecule has 0 amide bonds. The topological polar surface area (TPSA) is 97.5 Å². The summed E-state index contributed by atoms with van der Waals surface area (Å²) < 4.78 is 6.04. The molecule has 0 saturated carbocycles. The summed E-state index contributed by atoms with van der Waals surface area (Å²) in [6.07, 6.45) is 2.61. The Kier molecular flexibility index (Phi) is 6.21. The number of aliphatic carboxylic acids is 1. The predicted octanol–water partition coefficient (Wildman–Crippen LogP) is 4.70. The zero-order chi connectivity index (χ0) is 22.7. The summed E-state index contributed by atoms with van der Waals surface area (Å²) in [4.78, 5) is 14.0. The Bertz CT molecular complexity index is 1160. The van der Waals surface area contributed by atoms with Gasteiger partial charge in [-0.2, -0.15) is 0 Å². The molecule has 0 bridgehead atoms. The van der Waals surface area contributed by atoms with E-state index in [-0.39, 0.29) is 6.10 Å². The minimum absolute atomic E-state index is 0.0416. The fourth-order valence-electron chi connectivity index (χ4n) is 4.22. The molecule has 3 aromatic rings. The van der Waals surface area contributed by atoms with Crippen LogP contribution in [0, 0.1) is 10.8 Å². The highest BCUT2D eigenvalue weighted by atomic mass is 16.5. The lowest BCUT2D eigenvalue weighted by atomic mass is 9.91. The Morgan fingerprint density at radius 3 is 2.56 bits per heavy atom. The average molecular weight is 430 g/mol. The van der Waals surface area contributed by atoms with Crippen LogP contribution in [0.5, 0.6) is 5.75 Å². The van der Waals surface area contributed by atoms with Crippen LogP contribution in [-0.2, 0) is 11.2 Å². The first-order chi connectivity index (χ1) is 15.4. The Balaban J connectivity index is 1.48. The molecule has 3 aromatic carbocycles. The Hall–Kier alpha value is -3.67. The molecule has 164 valence electrons. The van der Waals surface area contributed by atoms with Crippen LogP contribution >= 0.6 is 0 Å². The van der Waals surface area contributed by atoms with E-state index >= 15 is 0 Å². The lowest BCUT2D eigenvalue weighted by molar-refractivity contribution is -0.138. The molecule has 6 heteroatoms. The molecule has 1 fully saturated rings. The van der Waals surface area contributed by atoms with Crippen LogP contribution in [-0.4, -0.2) is 47.2 Å². The first-order valence-electron chi connectivity index (χ1n) is 10.8. The van der Waals surface area contributed by atoms with Gasteiger partial charge in [-0.3, -0.25) is 10.2 Å². The SMILES string of the molecule is CC(=N)N1CCC(Oc2ccc(C(Cc3ccc4ccc(C=N)cc4c3)C(=O)O)cc2)C1. The largest absolute Gasteiger partial charge is 0.489 e. The van der Waals surface area contributed by atoms with Crippen molar-refractivity contribution in [3.63, 3.8) is 0 Å². The van der Waals surface area contributed by atoms with Crippen LogP contribution in [0.2, 0.25) is 0 Å². The van der Waals surface area contributed by atoms with Gasteiger partial charge in [0.1, 0.15) is 11.9 Å². The van der Waals surface area contributed by atoms with Crippen molar-refractivity contribution in [3.05, 3.63) is 77.4 Å². The summed E-state index contributed by atoms with van der Waals surface area (Å²) in [5.74, 6) is -0.245. The van der Waals surface area contributed by atoms with Crippen molar-refractivity contribution in [3.8, 4) is 5.75 Å². The van der Waals surface area contributed by atoms with E-state index in [9.17, 15) is 9.90 Å². The summed E-state index contributed by atoms with van der Waals surface area (Å²) in [6.45, 7) is 3.31. The van der Waals surface area contributed by atoms with Crippen LogP contribution < -0.4 is 4.74 Å². The van der Waals surface area contributed by atoms with Crippen LogP contribution in [0.3, 0.4) is 0 Å². The molecule has 0 radical (unpaired) electrons. The number of benzene rings is 3. The number of carboxylic acids is 1. The fraction of sp³-hybridized carbons (Fsp3) is 0.269. The lowest BCUT2D eigenvalue weighted by Gasteiger charge is -2.18. The van der Waals surface area contributed by atoms with Crippen LogP contribution in [0.15, 0.2) is 60.7 Å². The molecule has 6 nitrogen and oxygen atoms in total. The van der Waals surface area contributed by atoms with Crippen LogP contribution in [0.4, 0.5) is 0 Å². The predicted molar refractivity (Wildman–Crippen MR) is 126 cm³/mol. The summed E-state index contributed by atoms with van der Waals surface area (Å²) in [6, 6.07) is 19.1. The molecule has 0 spiro atoms. The second-order valence-corrected chi connectivity index (χ2v) is 8.31. The maximum absolute atomic E-state index is 12.0. The monoisotopic (exact) mass is 429 g/mol. The van der Waals surface area contributed by atoms with E-state index in [1.54, 1.807) is 6.92 Å². The number of amidine groups is 1. The van der Waals surface area contributed by atoms with Gasteiger partial charge in [0.05, 0.1) is 18.3 Å². The zero-order valence-electron chi connectivity index (χ0n) is 18.0. The molecule has 3 N–H and O–H groups in total. The van der Waals surface area contributed by atoms with Gasteiger partial charge in [0.15, 0.2) is 0 Å². The van der Waals surface area contributed by atoms with E-state index in [2.05, 4.69) is 0 Å². The van der Waals surface area contributed by atoms with Crippen molar-refractivity contribution < 1.29 is 14.6 Å². The van der Waals surface area contributed by atoms with E-state index in [4.69, 9.17) is 15.6 Å². The number of ether oxygens (including phenoxy) is 1. The molecule has 32 heavy (non-hydrogen) atoms. The zero-order valence-corrected chi connectivity index (χ0v) is 18.0. The maximum atomic E-state index is 12.0. The summed E-state index contributed by atoms with van der Waals surface area (Å²) >= 11 is 0. The first-order valence-corrected chi connectivity index (χ1v) is 10.8. The molecule has 1 heterocycles. The second-order valence-electron chi connectivity index (χ2n) is 8.31. The normalized spacial score (nSPS) is 16.7. The third-order valence-corrected chi connectivity index (χ3v) is 6.04. The van der Waals surface area contributed by atoms with E-state index in [0.29, 0.717) is 18.8 Å². The molecular weight excluding hydrogens is 402 g/mol. The first kappa shape index (κ1) is 21.6. The van der Waals surface area contributed by atoms with E-state index in [1.807, 2.05) is 65.6 Å². The standard InChI is InChI=1S/C26H27N3O3/c1-17(28)29-11-10-24(16-29)32-23-8-6-21(7-9-23)25(26(30)31)14-18-2-4-20-5-3-19(15-27)13-22(20)12-18/h2-9,12-13,15,24-25,27-28H,10-11,14,16H2,1H3,(H,30,31). The van der Waals surface area contributed by atoms with Gasteiger partial charge < -0.3 is 20.2 Å². The highest BCUT2D eigenvalue weighted by Gasteiger charge is 2.25. The molecule has 1 aliphatic heterocycles. The smallest absolute Gasteiger partial charge is 0.311 e. The summed E-state index contributed by atoms with van der Waals surface area (Å²) in [7, 11) is 0. The Morgan fingerprint density at radius 1 is 1.16 bits per heavy atom. The number of hydrogen-bond donors (Lipinski definition) is 3. The number of hydrogen-bond acceptors (Lipinski definition) is 4. The van der Waals surface area contributed by atoms with Gasteiger partial charge in [-0.25, -0.2) is 0 Å². The highest BCUT2D eigenvalue weighted by molar-refractivity contribution is 5.90. The van der Waals surface area contributed by atoms with Gasteiger partial charge in [-0.05, 0) is 59.0 Å². The van der Waals surface area contributed by atoms with Crippen molar-refractivity contribution in [1.29, 1.82) is 10.8 Å². The third-order valence-electron chi connectivity index (χ3n) is 6.04. The van der Waals surface area contributed by atoms with Crippen molar-refractivity contribution in [1.82, 2.24) is 4.90 Å². The Labute approximate surface area is 187 Å². The number of likely N-dealkylation sites (tertiary alicyclic amines) is 1. The number of nitrogens with one attached hydrogen (secondary N) is 2. The molecule has 1 aliphatic rings. The Morgan fingerprint density at radius 2 is 1.91 bits per heavy atom. The summed E-state index contributed by atoms with van der Waals surface area (Å²) in [5.41, 5.74) is 2.50. The van der Waals surface area contributed by atoms with E-state index in [0.717, 1.165) is 46.2 Å². The van der Waals surface area contributed by atoms with Crippen LogP contribution in [0.25, 0.3) is 10.8 Å². The van der Waals surface area contributed by atoms with Crippen LogP contribution in [0.1, 0.15) is 36.0 Å². The van der Waals surface area contributed by atoms with Crippen molar-refractivity contribution >= 4 is 28.8 Å². The number of rotatable bonds is 7. The molecule has 0 aliphatic carbocycles. The molecule has 1 saturated heterocycles. The molecule has 2 atom stereocenters. The fourth-order valence-corrected chi connectivity index (χ4v) is 4.22. The van der Waals surface area contributed by atoms with Gasteiger partial charge in [0.25, 0.3) is 0 Å². The van der Waals surface area contributed by atoms with E-state index in [1.165, 1.54) is 6.21 Å². The van der Waals surface area contributed by atoms with Gasteiger partial charge in [-0.15, -0.1) is 0 Å². The molecule has 2 unspecified atom stereocenters. The minimum Gasteiger partial charge on any atom is -0.489 e. The third kappa shape index (κ3) is 4.80. The average Bonchev–Trinajstić information content (AvgIpc) is 3.26. The lowest BCUT2D eigenvalue weighted by Crippen LogP contribution is -2.28. The van der Waals surface area contributed by atoms with E-state index < -0.39 is 11.9 Å².